The highest BCUT2D eigenvalue weighted by Gasteiger charge is 2.33. The molecule has 0 unspecified atom stereocenters. The van der Waals surface area contributed by atoms with E-state index in [1.807, 2.05) is 0 Å². The van der Waals surface area contributed by atoms with Crippen LogP contribution in [0.3, 0.4) is 0 Å². The number of alkyl halides is 5. The van der Waals surface area contributed by atoms with Crippen molar-refractivity contribution in [3.8, 4) is 11.3 Å². The van der Waals surface area contributed by atoms with Crippen molar-refractivity contribution in [3.05, 3.63) is 65.4 Å². The van der Waals surface area contributed by atoms with E-state index in [2.05, 4.69) is 20.4 Å². The number of aromatic nitrogens is 4. The second kappa shape index (κ2) is 7.40. The van der Waals surface area contributed by atoms with Crippen LogP contribution in [0, 0.1) is 0 Å². The number of nitrogens with zero attached hydrogens (tertiary/aromatic N) is 4. The maximum absolute atomic E-state index is 13.5. The summed E-state index contributed by atoms with van der Waals surface area (Å²) in [5.41, 5.74) is -0.323. The van der Waals surface area contributed by atoms with Gasteiger partial charge in [0.2, 0.25) is 0 Å². The molecule has 6 nitrogen and oxygen atoms in total. The van der Waals surface area contributed by atoms with Crippen LogP contribution in [0.15, 0.2) is 42.7 Å². The van der Waals surface area contributed by atoms with Gasteiger partial charge in [-0.15, -0.1) is 0 Å². The molecule has 0 saturated carbocycles. The number of nitrogens with one attached hydrogen (secondary N) is 1. The zero-order valence-electron chi connectivity index (χ0n) is 16.1. The standard InChI is InChI=1S/C20H16F5N5O/c1-19(21,22)16-9-12(3-6-26-16)18(31)28-13-4-7-30-15(13)10-14(29-30)11-2-5-27-17(8-11)20(23,24)25/h2-3,5-6,8-10,13H,4,7H2,1H3,(H,28,31)/t13-/m0/s1. The molecular weight excluding hydrogens is 421 g/mol. The Morgan fingerprint density at radius 3 is 2.48 bits per heavy atom. The molecule has 0 saturated heterocycles. The van der Waals surface area contributed by atoms with Crippen LogP contribution in [-0.2, 0) is 18.6 Å². The van der Waals surface area contributed by atoms with E-state index in [0.29, 0.717) is 31.3 Å². The number of hydrogen-bond donors (Lipinski definition) is 1. The lowest BCUT2D eigenvalue weighted by molar-refractivity contribution is -0.141. The Kier molecular flexibility index (Phi) is 4.98. The Morgan fingerprint density at radius 1 is 1.06 bits per heavy atom. The summed E-state index contributed by atoms with van der Waals surface area (Å²) in [6.07, 6.45) is -1.86. The molecule has 3 aromatic rings. The highest BCUT2D eigenvalue weighted by Crippen LogP contribution is 2.33. The van der Waals surface area contributed by atoms with E-state index in [0.717, 1.165) is 24.5 Å². The number of aryl methyl sites for hydroxylation is 1. The van der Waals surface area contributed by atoms with Gasteiger partial charge in [-0.1, -0.05) is 0 Å². The number of rotatable bonds is 4. The van der Waals surface area contributed by atoms with E-state index in [9.17, 15) is 26.7 Å². The largest absolute Gasteiger partial charge is 0.433 e. The van der Waals surface area contributed by atoms with Crippen molar-refractivity contribution in [3.63, 3.8) is 0 Å². The van der Waals surface area contributed by atoms with Crippen LogP contribution < -0.4 is 5.32 Å². The number of hydrogen-bond acceptors (Lipinski definition) is 4. The van der Waals surface area contributed by atoms with Crippen molar-refractivity contribution in [1.29, 1.82) is 0 Å². The van der Waals surface area contributed by atoms with Gasteiger partial charge in [0.25, 0.3) is 11.8 Å². The lowest BCUT2D eigenvalue weighted by Crippen LogP contribution is -2.27. The molecule has 1 aliphatic heterocycles. The van der Waals surface area contributed by atoms with Gasteiger partial charge in [0.15, 0.2) is 0 Å². The summed E-state index contributed by atoms with van der Waals surface area (Å²) in [6, 6.07) is 5.84. The SMILES string of the molecule is CC(F)(F)c1cc(C(=O)N[C@H]2CCn3nc(-c4ccnc(C(F)(F)F)c4)cc32)ccn1. The molecule has 0 radical (unpaired) electrons. The maximum Gasteiger partial charge on any atom is 0.433 e. The van der Waals surface area contributed by atoms with E-state index in [-0.39, 0.29) is 11.1 Å². The average Bonchev–Trinajstić information content (AvgIpc) is 3.29. The van der Waals surface area contributed by atoms with Crippen molar-refractivity contribution in [2.75, 3.05) is 0 Å². The highest BCUT2D eigenvalue weighted by molar-refractivity contribution is 5.94. The predicted octanol–water partition coefficient (Wildman–Crippen LogP) is 4.35. The molecule has 0 bridgehead atoms. The maximum atomic E-state index is 13.5. The monoisotopic (exact) mass is 437 g/mol. The fourth-order valence-electron chi connectivity index (χ4n) is 3.38. The van der Waals surface area contributed by atoms with Crippen LogP contribution >= 0.6 is 0 Å². The van der Waals surface area contributed by atoms with Crippen LogP contribution in [0.2, 0.25) is 0 Å². The molecule has 0 aliphatic carbocycles. The number of carbonyl (C=O) groups is 1. The minimum absolute atomic E-state index is 0.0358. The zero-order chi connectivity index (χ0) is 22.4. The molecule has 1 amide bonds. The van der Waals surface area contributed by atoms with Crippen molar-refractivity contribution in [2.45, 2.75) is 38.0 Å². The third-order valence-electron chi connectivity index (χ3n) is 4.92. The van der Waals surface area contributed by atoms with Gasteiger partial charge in [-0.05, 0) is 36.8 Å². The Labute approximate surface area is 173 Å². The van der Waals surface area contributed by atoms with Gasteiger partial charge in [-0.25, -0.2) is 0 Å². The van der Waals surface area contributed by atoms with E-state index in [1.165, 1.54) is 12.1 Å². The van der Waals surface area contributed by atoms with Crippen molar-refractivity contribution in [2.24, 2.45) is 0 Å². The molecule has 0 spiro atoms. The number of amides is 1. The Hall–Kier alpha value is -3.37. The summed E-state index contributed by atoms with van der Waals surface area (Å²) in [6.45, 7) is 1.14. The average molecular weight is 437 g/mol. The minimum Gasteiger partial charge on any atom is -0.344 e. The van der Waals surface area contributed by atoms with E-state index in [4.69, 9.17) is 0 Å². The van der Waals surface area contributed by atoms with Crippen molar-refractivity contribution in [1.82, 2.24) is 25.1 Å². The van der Waals surface area contributed by atoms with Gasteiger partial charge in [0, 0.05) is 37.0 Å². The first-order chi connectivity index (χ1) is 14.5. The van der Waals surface area contributed by atoms with Crippen LogP contribution in [0.25, 0.3) is 11.3 Å². The molecule has 4 rings (SSSR count). The summed E-state index contributed by atoms with van der Waals surface area (Å²) in [5.74, 6) is -3.74. The molecule has 0 aromatic carbocycles. The summed E-state index contributed by atoms with van der Waals surface area (Å²) < 4.78 is 67.4. The molecule has 162 valence electrons. The van der Waals surface area contributed by atoms with E-state index in [1.54, 1.807) is 10.7 Å². The van der Waals surface area contributed by atoms with Gasteiger partial charge in [-0.2, -0.15) is 27.1 Å². The molecule has 1 N–H and O–H groups in total. The molecule has 1 aliphatic rings. The summed E-state index contributed by atoms with van der Waals surface area (Å²) in [7, 11) is 0. The van der Waals surface area contributed by atoms with Gasteiger partial charge < -0.3 is 5.32 Å². The Morgan fingerprint density at radius 2 is 1.77 bits per heavy atom. The van der Waals surface area contributed by atoms with E-state index >= 15 is 0 Å². The normalized spacial score (nSPS) is 16.3. The van der Waals surface area contributed by atoms with Gasteiger partial charge >= 0.3 is 6.18 Å². The lowest BCUT2D eigenvalue weighted by Gasteiger charge is -2.14. The molecule has 31 heavy (non-hydrogen) atoms. The zero-order valence-corrected chi connectivity index (χ0v) is 16.1. The van der Waals surface area contributed by atoms with Crippen LogP contribution in [-0.4, -0.2) is 25.7 Å². The van der Waals surface area contributed by atoms with Crippen LogP contribution in [0.5, 0.6) is 0 Å². The predicted molar refractivity (Wildman–Crippen MR) is 99.1 cm³/mol. The topological polar surface area (TPSA) is 72.7 Å². The number of pyridine rings is 2. The van der Waals surface area contributed by atoms with Crippen molar-refractivity contribution >= 4 is 5.91 Å². The first-order valence-electron chi connectivity index (χ1n) is 9.29. The van der Waals surface area contributed by atoms with Crippen molar-refractivity contribution < 1.29 is 26.7 Å². The van der Waals surface area contributed by atoms with Crippen LogP contribution in [0.4, 0.5) is 22.0 Å². The molecule has 0 fully saturated rings. The summed E-state index contributed by atoms with van der Waals surface area (Å²) >= 11 is 0. The number of halogens is 5. The molecule has 4 heterocycles. The molecule has 3 aromatic heterocycles. The Bertz CT molecular complexity index is 1140. The summed E-state index contributed by atoms with van der Waals surface area (Å²) in [5, 5.41) is 7.09. The van der Waals surface area contributed by atoms with Gasteiger partial charge in [-0.3, -0.25) is 19.4 Å². The first kappa shape index (κ1) is 20.9. The molecule has 11 heteroatoms. The smallest absolute Gasteiger partial charge is 0.344 e. The Balaban J connectivity index is 1.55. The fraction of sp³-hybridized carbons (Fsp3) is 0.300. The third kappa shape index (κ3) is 4.25. The van der Waals surface area contributed by atoms with Crippen LogP contribution in [0.1, 0.15) is 46.8 Å². The molecule has 1 atom stereocenters. The fourth-order valence-corrected chi connectivity index (χ4v) is 3.38. The second-order valence-corrected chi connectivity index (χ2v) is 7.24. The first-order valence-corrected chi connectivity index (χ1v) is 9.29. The lowest BCUT2D eigenvalue weighted by atomic mass is 10.1. The van der Waals surface area contributed by atoms with Gasteiger partial charge in [0.05, 0.1) is 17.4 Å². The van der Waals surface area contributed by atoms with E-state index < -0.39 is 35.4 Å². The third-order valence-corrected chi connectivity index (χ3v) is 4.92. The summed E-state index contributed by atoms with van der Waals surface area (Å²) in [4.78, 5) is 19.5. The quantitative estimate of drug-likeness (QED) is 0.617. The van der Waals surface area contributed by atoms with Gasteiger partial charge in [0.1, 0.15) is 11.4 Å². The number of carbonyl (C=O) groups excluding carboxylic acids is 1. The highest BCUT2D eigenvalue weighted by atomic mass is 19.4. The second-order valence-electron chi connectivity index (χ2n) is 7.24. The molecular formula is C20H16F5N5O. The minimum atomic E-state index is -4.58. The number of fused-ring (bicyclic) bond motifs is 1.